The summed E-state index contributed by atoms with van der Waals surface area (Å²) in [7, 11) is 0. The molecule has 0 heterocycles. The zero-order valence-electron chi connectivity index (χ0n) is 7.45. The molecule has 68 valence electrons. The SMILES string of the molecule is C#CC1=CCc2c(O)cccc2C1=O. The summed E-state index contributed by atoms with van der Waals surface area (Å²) in [6.45, 7) is 0. The molecule has 0 amide bonds. The number of rotatable bonds is 0. The highest BCUT2D eigenvalue weighted by Crippen LogP contribution is 2.27. The maximum Gasteiger partial charge on any atom is 0.201 e. The first kappa shape index (κ1) is 8.58. The summed E-state index contributed by atoms with van der Waals surface area (Å²) in [4.78, 5) is 11.7. The van der Waals surface area contributed by atoms with E-state index in [4.69, 9.17) is 6.42 Å². The fourth-order valence-electron chi connectivity index (χ4n) is 1.57. The highest BCUT2D eigenvalue weighted by atomic mass is 16.3. The van der Waals surface area contributed by atoms with Crippen molar-refractivity contribution >= 4 is 5.78 Å². The van der Waals surface area contributed by atoms with Gasteiger partial charge in [0, 0.05) is 11.1 Å². The minimum atomic E-state index is -0.176. The second-order valence-corrected chi connectivity index (χ2v) is 3.10. The number of terminal acetylenes is 1. The van der Waals surface area contributed by atoms with Crippen LogP contribution in [0.1, 0.15) is 15.9 Å². The zero-order valence-corrected chi connectivity index (χ0v) is 7.45. The van der Waals surface area contributed by atoms with E-state index in [0.29, 0.717) is 23.1 Å². The van der Waals surface area contributed by atoms with E-state index in [9.17, 15) is 9.90 Å². The quantitative estimate of drug-likeness (QED) is 0.623. The van der Waals surface area contributed by atoms with Crippen LogP contribution in [-0.2, 0) is 6.42 Å². The summed E-state index contributed by atoms with van der Waals surface area (Å²) in [5.41, 5.74) is 1.56. The number of phenols is 1. The van der Waals surface area contributed by atoms with Gasteiger partial charge in [0.1, 0.15) is 5.75 Å². The number of hydrogen-bond acceptors (Lipinski definition) is 2. The van der Waals surface area contributed by atoms with Crippen LogP contribution in [0, 0.1) is 12.3 Å². The van der Waals surface area contributed by atoms with Gasteiger partial charge in [-0.25, -0.2) is 0 Å². The molecule has 0 fully saturated rings. The van der Waals surface area contributed by atoms with Crippen molar-refractivity contribution < 1.29 is 9.90 Å². The maximum absolute atomic E-state index is 11.7. The van der Waals surface area contributed by atoms with Gasteiger partial charge in [-0.05, 0) is 12.5 Å². The molecule has 0 saturated heterocycles. The summed E-state index contributed by atoms with van der Waals surface area (Å²) in [6, 6.07) is 4.90. The minimum absolute atomic E-state index is 0.156. The van der Waals surface area contributed by atoms with Gasteiger partial charge < -0.3 is 5.11 Å². The molecule has 1 aromatic carbocycles. The Labute approximate surface area is 81.9 Å². The molecule has 0 bridgehead atoms. The Kier molecular flexibility index (Phi) is 1.86. The van der Waals surface area contributed by atoms with E-state index in [-0.39, 0.29) is 11.5 Å². The molecule has 0 unspecified atom stereocenters. The van der Waals surface area contributed by atoms with Crippen LogP contribution >= 0.6 is 0 Å². The molecule has 0 aromatic heterocycles. The number of carbonyl (C=O) groups is 1. The minimum Gasteiger partial charge on any atom is -0.508 e. The van der Waals surface area contributed by atoms with E-state index in [1.54, 1.807) is 24.3 Å². The first-order valence-corrected chi connectivity index (χ1v) is 4.26. The van der Waals surface area contributed by atoms with Gasteiger partial charge in [-0.1, -0.05) is 24.1 Å². The fraction of sp³-hybridized carbons (Fsp3) is 0.0833. The Morgan fingerprint density at radius 2 is 2.21 bits per heavy atom. The van der Waals surface area contributed by atoms with Crippen LogP contribution in [0.15, 0.2) is 29.8 Å². The van der Waals surface area contributed by atoms with Crippen LogP contribution in [0.3, 0.4) is 0 Å². The normalized spacial score (nSPS) is 14.2. The van der Waals surface area contributed by atoms with Crippen molar-refractivity contribution in [2.24, 2.45) is 0 Å². The Morgan fingerprint density at radius 1 is 1.43 bits per heavy atom. The van der Waals surface area contributed by atoms with Gasteiger partial charge in [0.25, 0.3) is 0 Å². The van der Waals surface area contributed by atoms with Crippen molar-refractivity contribution in [2.75, 3.05) is 0 Å². The van der Waals surface area contributed by atoms with Crippen LogP contribution in [0.5, 0.6) is 5.75 Å². The number of ketones is 1. The van der Waals surface area contributed by atoms with Crippen LogP contribution in [-0.4, -0.2) is 10.9 Å². The molecule has 0 spiro atoms. The molecular weight excluding hydrogens is 176 g/mol. The highest BCUT2D eigenvalue weighted by Gasteiger charge is 2.20. The number of phenolic OH excluding ortho intramolecular Hbond substituents is 1. The van der Waals surface area contributed by atoms with E-state index < -0.39 is 0 Å². The van der Waals surface area contributed by atoms with Gasteiger partial charge in [-0.3, -0.25) is 4.79 Å². The third kappa shape index (κ3) is 1.11. The third-order valence-corrected chi connectivity index (χ3v) is 2.31. The van der Waals surface area contributed by atoms with Gasteiger partial charge in [0.2, 0.25) is 5.78 Å². The lowest BCUT2D eigenvalue weighted by atomic mass is 9.90. The Morgan fingerprint density at radius 3 is 2.93 bits per heavy atom. The average molecular weight is 184 g/mol. The van der Waals surface area contributed by atoms with Crippen LogP contribution in [0.4, 0.5) is 0 Å². The van der Waals surface area contributed by atoms with E-state index >= 15 is 0 Å². The summed E-state index contributed by atoms with van der Waals surface area (Å²) in [6.07, 6.45) is 7.38. The van der Waals surface area contributed by atoms with Gasteiger partial charge >= 0.3 is 0 Å². The van der Waals surface area contributed by atoms with Crippen LogP contribution in [0.2, 0.25) is 0 Å². The standard InChI is InChI=1S/C12H8O2/c1-2-8-6-7-9-10(12(8)14)4-3-5-11(9)13/h1,3-6,13H,7H2. The summed E-state index contributed by atoms with van der Waals surface area (Å²) < 4.78 is 0. The Balaban J connectivity index is 2.60. The molecule has 0 radical (unpaired) electrons. The second-order valence-electron chi connectivity index (χ2n) is 3.10. The van der Waals surface area contributed by atoms with Crippen LogP contribution in [0.25, 0.3) is 0 Å². The number of allylic oxidation sites excluding steroid dienone is 2. The highest BCUT2D eigenvalue weighted by molar-refractivity contribution is 6.13. The first-order chi connectivity index (χ1) is 6.74. The molecule has 1 aromatic rings. The average Bonchev–Trinajstić information content (AvgIpc) is 2.20. The molecule has 1 N–H and O–H groups in total. The molecule has 2 heteroatoms. The summed E-state index contributed by atoms with van der Waals surface area (Å²) in [5, 5.41) is 9.50. The van der Waals surface area contributed by atoms with E-state index in [1.807, 2.05) is 0 Å². The smallest absolute Gasteiger partial charge is 0.201 e. The molecule has 0 saturated carbocycles. The number of carbonyl (C=O) groups excluding carboxylic acids is 1. The van der Waals surface area contributed by atoms with Gasteiger partial charge in [0.15, 0.2) is 0 Å². The number of Topliss-reactive ketones (excluding diaryl/α,β-unsaturated/α-hetero) is 1. The first-order valence-electron chi connectivity index (χ1n) is 4.26. The van der Waals surface area contributed by atoms with Crippen molar-refractivity contribution in [1.29, 1.82) is 0 Å². The van der Waals surface area contributed by atoms with Crippen molar-refractivity contribution in [1.82, 2.24) is 0 Å². The topological polar surface area (TPSA) is 37.3 Å². The molecule has 0 atom stereocenters. The Hall–Kier alpha value is -2.01. The monoisotopic (exact) mass is 184 g/mol. The lowest BCUT2D eigenvalue weighted by Crippen LogP contribution is -2.10. The van der Waals surface area contributed by atoms with Gasteiger partial charge in [-0.2, -0.15) is 0 Å². The van der Waals surface area contributed by atoms with Gasteiger partial charge in [-0.15, -0.1) is 6.42 Å². The summed E-state index contributed by atoms with van der Waals surface area (Å²) in [5.74, 6) is 2.32. The largest absolute Gasteiger partial charge is 0.508 e. The number of hydrogen-bond donors (Lipinski definition) is 1. The zero-order chi connectivity index (χ0) is 10.1. The van der Waals surface area contributed by atoms with Crippen molar-refractivity contribution in [3.05, 3.63) is 41.0 Å². The molecule has 2 nitrogen and oxygen atoms in total. The third-order valence-electron chi connectivity index (χ3n) is 2.31. The lowest BCUT2D eigenvalue weighted by Gasteiger charge is -2.13. The maximum atomic E-state index is 11.7. The number of fused-ring (bicyclic) bond motifs is 1. The van der Waals surface area contributed by atoms with Gasteiger partial charge in [0.05, 0.1) is 5.57 Å². The molecule has 1 aliphatic carbocycles. The molecule has 2 rings (SSSR count). The lowest BCUT2D eigenvalue weighted by molar-refractivity contribution is 0.103. The van der Waals surface area contributed by atoms with Crippen molar-refractivity contribution in [3.63, 3.8) is 0 Å². The van der Waals surface area contributed by atoms with Crippen molar-refractivity contribution in [2.45, 2.75) is 6.42 Å². The Bertz CT molecular complexity index is 476. The number of benzene rings is 1. The van der Waals surface area contributed by atoms with E-state index in [1.165, 1.54) is 0 Å². The van der Waals surface area contributed by atoms with Crippen LogP contribution < -0.4 is 0 Å². The predicted octanol–water partition coefficient (Wildman–Crippen LogP) is 1.69. The molecule has 0 aliphatic heterocycles. The molecule has 1 aliphatic rings. The van der Waals surface area contributed by atoms with E-state index in [2.05, 4.69) is 5.92 Å². The second kappa shape index (κ2) is 3.04. The van der Waals surface area contributed by atoms with E-state index in [0.717, 1.165) is 0 Å². The molecule has 14 heavy (non-hydrogen) atoms. The van der Waals surface area contributed by atoms with Crippen molar-refractivity contribution in [3.8, 4) is 18.1 Å². The number of aromatic hydroxyl groups is 1. The molecular formula is C12H8O2. The fourth-order valence-corrected chi connectivity index (χ4v) is 1.57. The summed E-state index contributed by atoms with van der Waals surface area (Å²) >= 11 is 0. The predicted molar refractivity (Wildman–Crippen MR) is 53.1 cm³/mol.